The number of amides is 3. The Hall–Kier alpha value is -2.98. The van der Waals surface area contributed by atoms with Gasteiger partial charge >= 0.3 is 5.97 Å². The zero-order valence-electron chi connectivity index (χ0n) is 14.8. The van der Waals surface area contributed by atoms with Crippen LogP contribution in [-0.4, -0.2) is 65.2 Å². The molecule has 1 aromatic rings. The van der Waals surface area contributed by atoms with Gasteiger partial charge in [0.1, 0.15) is 24.7 Å². The lowest BCUT2D eigenvalue weighted by Gasteiger charge is -2.22. The molecule has 3 unspecified atom stereocenters. The summed E-state index contributed by atoms with van der Waals surface area (Å²) in [5, 5.41) is 24.6. The van der Waals surface area contributed by atoms with Crippen LogP contribution in [0.4, 0.5) is 0 Å². The number of nitrogens with two attached hydrogens (primary N) is 1. The van der Waals surface area contributed by atoms with E-state index in [0.717, 1.165) is 5.56 Å². The maximum absolute atomic E-state index is 12.5. The SMILES string of the molecule is CC(NC(=O)C(Cc1ccccc1)NC(=O)C(N)CO)C(=O)NCC(=O)O. The number of carboxylic acids is 1. The highest BCUT2D eigenvalue weighted by atomic mass is 16.4. The van der Waals surface area contributed by atoms with Crippen molar-refractivity contribution in [2.24, 2.45) is 5.73 Å². The van der Waals surface area contributed by atoms with Crippen molar-refractivity contribution in [3.05, 3.63) is 35.9 Å². The average Bonchev–Trinajstić information content (AvgIpc) is 2.65. The molecule has 148 valence electrons. The fraction of sp³-hybridized carbons (Fsp3) is 0.412. The maximum Gasteiger partial charge on any atom is 0.322 e. The van der Waals surface area contributed by atoms with Crippen LogP contribution < -0.4 is 21.7 Å². The van der Waals surface area contributed by atoms with E-state index in [4.69, 9.17) is 15.9 Å². The van der Waals surface area contributed by atoms with Crippen LogP contribution in [0.1, 0.15) is 12.5 Å². The molecule has 0 spiro atoms. The summed E-state index contributed by atoms with van der Waals surface area (Å²) in [5.74, 6) is -3.25. The summed E-state index contributed by atoms with van der Waals surface area (Å²) < 4.78 is 0. The molecule has 10 nitrogen and oxygen atoms in total. The molecule has 3 atom stereocenters. The quantitative estimate of drug-likeness (QED) is 0.266. The van der Waals surface area contributed by atoms with Gasteiger partial charge in [0.15, 0.2) is 0 Å². The summed E-state index contributed by atoms with van der Waals surface area (Å²) in [6.45, 7) is 0.226. The van der Waals surface area contributed by atoms with E-state index < -0.39 is 55.0 Å². The van der Waals surface area contributed by atoms with Crippen LogP contribution in [0.3, 0.4) is 0 Å². The second-order valence-electron chi connectivity index (χ2n) is 5.88. The Bertz CT molecular complexity index is 667. The number of benzene rings is 1. The van der Waals surface area contributed by atoms with Gasteiger partial charge in [-0.3, -0.25) is 19.2 Å². The van der Waals surface area contributed by atoms with Gasteiger partial charge < -0.3 is 31.9 Å². The molecular weight excluding hydrogens is 356 g/mol. The average molecular weight is 380 g/mol. The number of aliphatic hydroxyl groups excluding tert-OH is 1. The van der Waals surface area contributed by atoms with Crippen molar-refractivity contribution in [2.75, 3.05) is 13.2 Å². The molecule has 10 heteroatoms. The minimum atomic E-state index is -1.21. The number of carbonyl (C=O) groups excluding carboxylic acids is 3. The van der Waals surface area contributed by atoms with Gasteiger partial charge in [-0.15, -0.1) is 0 Å². The molecular formula is C17H24N4O6. The number of hydrogen-bond acceptors (Lipinski definition) is 6. The first kappa shape index (κ1) is 22.1. The number of carbonyl (C=O) groups is 4. The number of nitrogens with one attached hydrogen (secondary N) is 3. The summed E-state index contributed by atoms with van der Waals surface area (Å²) in [5.41, 5.74) is 6.22. The number of rotatable bonds is 10. The molecule has 0 aliphatic heterocycles. The smallest absolute Gasteiger partial charge is 0.322 e. The van der Waals surface area contributed by atoms with Gasteiger partial charge in [0.05, 0.1) is 6.61 Å². The van der Waals surface area contributed by atoms with Gasteiger partial charge in [-0.25, -0.2) is 0 Å². The minimum Gasteiger partial charge on any atom is -0.480 e. The Morgan fingerprint density at radius 3 is 2.22 bits per heavy atom. The molecule has 3 amide bonds. The van der Waals surface area contributed by atoms with Crippen LogP contribution in [0, 0.1) is 0 Å². The van der Waals surface area contributed by atoms with Crippen LogP contribution in [0.5, 0.6) is 0 Å². The number of aliphatic hydroxyl groups is 1. The first-order chi connectivity index (χ1) is 12.7. The van der Waals surface area contributed by atoms with Gasteiger partial charge in [0, 0.05) is 6.42 Å². The van der Waals surface area contributed by atoms with Crippen molar-refractivity contribution in [3.8, 4) is 0 Å². The molecule has 0 fully saturated rings. The van der Waals surface area contributed by atoms with E-state index in [1.165, 1.54) is 6.92 Å². The van der Waals surface area contributed by atoms with E-state index in [1.54, 1.807) is 30.3 Å². The van der Waals surface area contributed by atoms with Gasteiger partial charge in [0.25, 0.3) is 0 Å². The summed E-state index contributed by atoms with van der Waals surface area (Å²) in [6, 6.07) is 5.63. The summed E-state index contributed by atoms with van der Waals surface area (Å²) >= 11 is 0. The third-order valence-corrected chi connectivity index (χ3v) is 3.61. The Morgan fingerprint density at radius 2 is 1.67 bits per heavy atom. The van der Waals surface area contributed by atoms with E-state index in [-0.39, 0.29) is 6.42 Å². The molecule has 1 aromatic carbocycles. The highest BCUT2D eigenvalue weighted by Crippen LogP contribution is 2.04. The Kier molecular flexibility index (Phi) is 8.90. The van der Waals surface area contributed by atoms with Crippen LogP contribution in [-0.2, 0) is 25.6 Å². The van der Waals surface area contributed by atoms with Gasteiger partial charge in [-0.2, -0.15) is 0 Å². The van der Waals surface area contributed by atoms with Crippen molar-refractivity contribution in [1.29, 1.82) is 0 Å². The minimum absolute atomic E-state index is 0.139. The molecule has 27 heavy (non-hydrogen) atoms. The van der Waals surface area contributed by atoms with E-state index in [9.17, 15) is 19.2 Å². The van der Waals surface area contributed by atoms with E-state index in [0.29, 0.717) is 0 Å². The van der Waals surface area contributed by atoms with Gasteiger partial charge in [0.2, 0.25) is 17.7 Å². The Balaban J connectivity index is 2.80. The second-order valence-corrected chi connectivity index (χ2v) is 5.88. The molecule has 0 aromatic heterocycles. The third kappa shape index (κ3) is 7.84. The number of hydrogen-bond donors (Lipinski definition) is 6. The number of aliphatic carboxylic acids is 1. The van der Waals surface area contributed by atoms with Crippen molar-refractivity contribution in [1.82, 2.24) is 16.0 Å². The van der Waals surface area contributed by atoms with E-state index in [2.05, 4.69) is 16.0 Å². The lowest BCUT2D eigenvalue weighted by atomic mass is 10.0. The number of carboxylic acid groups (broad SMARTS) is 1. The molecule has 0 heterocycles. The predicted octanol–water partition coefficient (Wildman–Crippen LogP) is -2.26. The summed E-state index contributed by atoms with van der Waals surface area (Å²) in [6.07, 6.45) is 0.139. The zero-order chi connectivity index (χ0) is 20.4. The van der Waals surface area contributed by atoms with Crippen LogP contribution in [0.15, 0.2) is 30.3 Å². The van der Waals surface area contributed by atoms with Crippen LogP contribution in [0.2, 0.25) is 0 Å². The zero-order valence-corrected chi connectivity index (χ0v) is 14.8. The Labute approximate surface area is 156 Å². The molecule has 0 aliphatic rings. The monoisotopic (exact) mass is 380 g/mol. The van der Waals surface area contributed by atoms with Crippen LogP contribution >= 0.6 is 0 Å². The highest BCUT2D eigenvalue weighted by Gasteiger charge is 2.26. The predicted molar refractivity (Wildman–Crippen MR) is 95.4 cm³/mol. The van der Waals surface area contributed by atoms with Crippen molar-refractivity contribution < 1.29 is 29.4 Å². The summed E-state index contributed by atoms with van der Waals surface area (Å²) in [7, 11) is 0. The van der Waals surface area contributed by atoms with E-state index >= 15 is 0 Å². The van der Waals surface area contributed by atoms with Gasteiger partial charge in [-0.1, -0.05) is 30.3 Å². The molecule has 0 bridgehead atoms. The molecule has 7 N–H and O–H groups in total. The first-order valence-electron chi connectivity index (χ1n) is 8.25. The molecule has 1 rings (SSSR count). The molecule has 0 radical (unpaired) electrons. The molecule has 0 aliphatic carbocycles. The lowest BCUT2D eigenvalue weighted by Crippen LogP contribution is -2.56. The summed E-state index contributed by atoms with van der Waals surface area (Å²) in [4.78, 5) is 46.8. The van der Waals surface area contributed by atoms with Crippen LogP contribution in [0.25, 0.3) is 0 Å². The Morgan fingerprint density at radius 1 is 1.04 bits per heavy atom. The fourth-order valence-corrected chi connectivity index (χ4v) is 2.12. The maximum atomic E-state index is 12.5. The lowest BCUT2D eigenvalue weighted by molar-refractivity contribution is -0.138. The standard InChI is InChI=1S/C17H24N4O6/c1-10(15(25)19-8-14(23)24)20-17(27)13(21-16(26)12(18)9-22)7-11-5-3-2-4-6-11/h2-6,10,12-13,22H,7-9,18H2,1H3,(H,19,25)(H,20,27)(H,21,26)(H,23,24). The van der Waals surface area contributed by atoms with Crippen molar-refractivity contribution in [3.63, 3.8) is 0 Å². The first-order valence-corrected chi connectivity index (χ1v) is 8.25. The molecule has 0 saturated carbocycles. The van der Waals surface area contributed by atoms with Crippen molar-refractivity contribution >= 4 is 23.7 Å². The third-order valence-electron chi connectivity index (χ3n) is 3.61. The second kappa shape index (κ2) is 10.9. The van der Waals surface area contributed by atoms with E-state index in [1.807, 2.05) is 0 Å². The normalized spacial score (nSPS) is 13.7. The van der Waals surface area contributed by atoms with Gasteiger partial charge in [-0.05, 0) is 12.5 Å². The fourth-order valence-electron chi connectivity index (χ4n) is 2.12. The topological polar surface area (TPSA) is 171 Å². The molecule has 0 saturated heterocycles. The highest BCUT2D eigenvalue weighted by molar-refractivity contribution is 5.93. The van der Waals surface area contributed by atoms with Crippen molar-refractivity contribution in [2.45, 2.75) is 31.5 Å². The largest absolute Gasteiger partial charge is 0.480 e.